The van der Waals surface area contributed by atoms with E-state index >= 15 is 0 Å². The summed E-state index contributed by atoms with van der Waals surface area (Å²) in [5.41, 5.74) is 10.9. The highest BCUT2D eigenvalue weighted by atomic mass is 32.2. The summed E-state index contributed by atoms with van der Waals surface area (Å²) < 4.78 is 59.3. The Morgan fingerprint density at radius 1 is 0.636 bits per heavy atom. The van der Waals surface area contributed by atoms with Crippen molar-refractivity contribution in [1.29, 1.82) is 0 Å². The zero-order valence-electron chi connectivity index (χ0n) is 32.5. The largest absolute Gasteiger partial charge is 0.344 e. The fourth-order valence-corrected chi connectivity index (χ4v) is 10.2. The summed E-state index contributed by atoms with van der Waals surface area (Å²) in [5, 5.41) is 5.71. The van der Waals surface area contributed by atoms with Crippen molar-refractivity contribution in [2.24, 2.45) is 0 Å². The summed E-state index contributed by atoms with van der Waals surface area (Å²) >= 11 is 0. The molecule has 0 unspecified atom stereocenters. The lowest BCUT2D eigenvalue weighted by atomic mass is 9.90. The molecule has 302 valence electrons. The van der Waals surface area contributed by atoms with Crippen LogP contribution in [0.15, 0.2) is 6.07 Å². The van der Waals surface area contributed by atoms with E-state index in [9.17, 15) is 31.2 Å². The third kappa shape index (κ3) is 9.28. The molecule has 55 heavy (non-hydrogen) atoms. The number of benzene rings is 2. The van der Waals surface area contributed by atoms with Crippen LogP contribution in [0.4, 0.5) is 21.0 Å². The fourth-order valence-electron chi connectivity index (χ4n) is 8.73. The first-order valence-electron chi connectivity index (χ1n) is 19.7. The second-order valence-corrected chi connectivity index (χ2v) is 18.3. The van der Waals surface area contributed by atoms with E-state index in [4.69, 9.17) is 0 Å². The standard InChI is InChI=1S/C38H56N8O7S2/c1-5-46(6-2)20-19-39-54(50,51)42-37(48)41-36-31-17-9-15-29(31)33(30-16-10-18-32(30)36)24-34(47)44(3)21-22-45(4)55(52,53)43-38(49)40-35-27-13-7-11-25(27)23-26-12-8-14-28(26)35/h23,39H,5-22,24H2,1-4H3,(H2,40,43,49)(H2,41,42,48). The molecule has 0 radical (unpaired) electrons. The highest BCUT2D eigenvalue weighted by Gasteiger charge is 2.32. The maximum absolute atomic E-state index is 13.6. The summed E-state index contributed by atoms with van der Waals surface area (Å²) in [6.07, 6.45) is 10.3. The number of carbonyl (C=O) groups excluding carboxylic acids is 3. The zero-order chi connectivity index (χ0) is 39.5. The monoisotopic (exact) mass is 800 g/mol. The minimum absolute atomic E-state index is 0.0254. The topological polar surface area (TPSA) is 189 Å². The Balaban J connectivity index is 1.06. The van der Waals surface area contributed by atoms with Crippen LogP contribution in [-0.4, -0.2) is 102 Å². The normalized spacial score (nSPS) is 15.8. The third-order valence-corrected chi connectivity index (χ3v) is 14.2. The number of hydrogen-bond donors (Lipinski definition) is 5. The number of urea groups is 2. The van der Waals surface area contributed by atoms with Gasteiger partial charge in [-0.1, -0.05) is 19.9 Å². The van der Waals surface area contributed by atoms with Gasteiger partial charge in [-0.3, -0.25) is 4.79 Å². The Labute approximate surface area is 325 Å². The molecule has 0 heterocycles. The molecule has 0 bridgehead atoms. The molecular weight excluding hydrogens is 745 g/mol. The predicted molar refractivity (Wildman–Crippen MR) is 213 cm³/mol. The van der Waals surface area contributed by atoms with Gasteiger partial charge in [-0.05, 0) is 140 Å². The molecule has 15 nitrogen and oxygen atoms in total. The molecule has 4 aliphatic carbocycles. The molecule has 2 aromatic rings. The number of rotatable bonds is 16. The molecule has 17 heteroatoms. The first-order chi connectivity index (χ1) is 26.2. The van der Waals surface area contributed by atoms with E-state index in [0.717, 1.165) is 126 Å². The Kier molecular flexibility index (Phi) is 12.8. The van der Waals surface area contributed by atoms with Gasteiger partial charge in [0.15, 0.2) is 0 Å². The summed E-state index contributed by atoms with van der Waals surface area (Å²) in [6, 6.07) is 0.614. The molecule has 4 aliphatic rings. The Bertz CT molecular complexity index is 1980. The SMILES string of the molecule is CCN(CC)CCNS(=O)(=O)NC(=O)Nc1c2c(c(CC(=O)N(C)CCN(C)S(=O)(=O)NC(=O)Nc3c4c(cc5c3CCC5)CCC4)c3c1CCC3)CCC2. The molecule has 0 aromatic heterocycles. The zero-order valence-corrected chi connectivity index (χ0v) is 34.2. The van der Waals surface area contributed by atoms with Crippen LogP contribution in [0, 0.1) is 0 Å². The van der Waals surface area contributed by atoms with E-state index in [-0.39, 0.29) is 32.0 Å². The molecular formula is C38H56N8O7S2. The van der Waals surface area contributed by atoms with Gasteiger partial charge in [-0.2, -0.15) is 25.9 Å². The number of fused-ring (bicyclic) bond motifs is 4. The van der Waals surface area contributed by atoms with Crippen LogP contribution in [0.3, 0.4) is 0 Å². The van der Waals surface area contributed by atoms with E-state index in [1.54, 1.807) is 7.05 Å². The molecule has 0 saturated carbocycles. The molecule has 0 aliphatic heterocycles. The summed E-state index contributed by atoms with van der Waals surface area (Å²) in [5.74, 6) is -0.174. The van der Waals surface area contributed by atoms with E-state index < -0.39 is 32.5 Å². The maximum Gasteiger partial charge on any atom is 0.333 e. The van der Waals surface area contributed by atoms with Gasteiger partial charge in [0.1, 0.15) is 0 Å². The van der Waals surface area contributed by atoms with Crippen molar-refractivity contribution < 1.29 is 31.2 Å². The minimum atomic E-state index is -4.19. The van der Waals surface area contributed by atoms with Crippen LogP contribution in [0.5, 0.6) is 0 Å². The number of likely N-dealkylation sites (N-methyl/N-ethyl adjacent to an activating group) is 3. The fraction of sp³-hybridized carbons (Fsp3) is 0.605. The molecule has 5 N–H and O–H groups in total. The second kappa shape index (κ2) is 17.2. The van der Waals surface area contributed by atoms with Gasteiger partial charge in [0.05, 0.1) is 6.42 Å². The van der Waals surface area contributed by atoms with Crippen LogP contribution in [0.25, 0.3) is 0 Å². The van der Waals surface area contributed by atoms with Gasteiger partial charge in [0.2, 0.25) is 5.91 Å². The smallest absolute Gasteiger partial charge is 0.333 e. The average molecular weight is 801 g/mol. The summed E-state index contributed by atoms with van der Waals surface area (Å²) in [4.78, 5) is 43.3. The summed E-state index contributed by atoms with van der Waals surface area (Å²) in [6.45, 7) is 6.35. The molecule has 0 atom stereocenters. The molecule has 6 rings (SSSR count). The van der Waals surface area contributed by atoms with E-state index in [2.05, 4.69) is 35.8 Å². The van der Waals surface area contributed by atoms with Gasteiger partial charge in [-0.25, -0.2) is 19.0 Å². The van der Waals surface area contributed by atoms with Crippen molar-refractivity contribution >= 4 is 49.8 Å². The van der Waals surface area contributed by atoms with Crippen molar-refractivity contribution in [2.75, 3.05) is 64.0 Å². The minimum Gasteiger partial charge on any atom is -0.344 e. The number of hydrogen-bond acceptors (Lipinski definition) is 8. The highest BCUT2D eigenvalue weighted by Crippen LogP contribution is 2.42. The second-order valence-electron chi connectivity index (χ2n) is 15.1. The first kappa shape index (κ1) is 40.9. The van der Waals surface area contributed by atoms with Crippen LogP contribution in [0.2, 0.25) is 0 Å². The van der Waals surface area contributed by atoms with Crippen molar-refractivity contribution in [3.63, 3.8) is 0 Å². The van der Waals surface area contributed by atoms with Crippen LogP contribution < -0.4 is 24.8 Å². The molecule has 0 fully saturated rings. The number of aryl methyl sites for hydroxylation is 2. The van der Waals surface area contributed by atoms with E-state index in [1.165, 1.54) is 23.1 Å². The van der Waals surface area contributed by atoms with Crippen molar-refractivity contribution in [2.45, 2.75) is 97.3 Å². The van der Waals surface area contributed by atoms with E-state index in [1.807, 2.05) is 13.8 Å². The van der Waals surface area contributed by atoms with Crippen molar-refractivity contribution in [3.05, 3.63) is 56.1 Å². The number of carbonyl (C=O) groups is 3. The third-order valence-electron chi connectivity index (χ3n) is 11.7. The van der Waals surface area contributed by atoms with Crippen LogP contribution in [0.1, 0.15) is 89.6 Å². The highest BCUT2D eigenvalue weighted by molar-refractivity contribution is 7.88. The molecule has 0 saturated heterocycles. The lowest BCUT2D eigenvalue weighted by Gasteiger charge is -2.24. The van der Waals surface area contributed by atoms with Crippen LogP contribution >= 0.6 is 0 Å². The number of amides is 5. The number of nitrogens with zero attached hydrogens (tertiary/aromatic N) is 3. The molecule has 5 amide bonds. The predicted octanol–water partition coefficient (Wildman–Crippen LogP) is 2.94. The van der Waals surface area contributed by atoms with Crippen molar-refractivity contribution in [3.8, 4) is 0 Å². The lowest BCUT2D eigenvalue weighted by Crippen LogP contribution is -2.46. The molecule has 2 aromatic carbocycles. The van der Waals surface area contributed by atoms with Gasteiger partial charge in [0, 0.05) is 51.6 Å². The Morgan fingerprint density at radius 3 is 1.69 bits per heavy atom. The number of nitrogens with one attached hydrogen (secondary N) is 5. The number of anilines is 2. The maximum atomic E-state index is 13.6. The van der Waals surface area contributed by atoms with Crippen molar-refractivity contribution in [1.82, 2.24) is 28.3 Å². The van der Waals surface area contributed by atoms with Gasteiger partial charge < -0.3 is 20.4 Å². The quantitative estimate of drug-likeness (QED) is 0.171. The average Bonchev–Trinajstić information content (AvgIpc) is 3.97. The Morgan fingerprint density at radius 2 is 1.13 bits per heavy atom. The van der Waals surface area contributed by atoms with Gasteiger partial charge >= 0.3 is 32.5 Å². The van der Waals surface area contributed by atoms with Crippen LogP contribution in [-0.2, 0) is 83.0 Å². The van der Waals surface area contributed by atoms with E-state index in [0.29, 0.717) is 25.1 Å². The van der Waals surface area contributed by atoms with Gasteiger partial charge in [-0.15, -0.1) is 0 Å². The molecule has 0 spiro atoms. The first-order valence-corrected chi connectivity index (χ1v) is 22.6. The lowest BCUT2D eigenvalue weighted by molar-refractivity contribution is -0.129. The Hall–Kier alpha value is -3.77. The van der Waals surface area contributed by atoms with Gasteiger partial charge in [0.25, 0.3) is 0 Å². The summed E-state index contributed by atoms with van der Waals surface area (Å²) in [7, 11) is -5.25.